The zero-order valence-electron chi connectivity index (χ0n) is 25.6. The molecule has 1 aromatic rings. The van der Waals surface area contributed by atoms with E-state index in [1.54, 1.807) is 17.9 Å². The summed E-state index contributed by atoms with van der Waals surface area (Å²) in [7, 11) is 0. The van der Waals surface area contributed by atoms with Crippen molar-refractivity contribution in [1.29, 1.82) is 0 Å². The quantitative estimate of drug-likeness (QED) is 0.285. The molecule has 1 aromatic heterocycles. The molecule has 250 valence electrons. The first-order valence-corrected chi connectivity index (χ1v) is 15.2. The highest BCUT2D eigenvalue weighted by atomic mass is 16.6. The number of piperidine rings is 1. The summed E-state index contributed by atoms with van der Waals surface area (Å²) in [6, 6.07) is 1.72. The first-order chi connectivity index (χ1) is 21.3. The van der Waals surface area contributed by atoms with Crippen LogP contribution in [0.1, 0.15) is 69.3 Å². The maximum Gasteiger partial charge on any atom is 0.409 e. The number of likely N-dealkylation sites (tertiary alicyclic amines) is 1. The smallest absolute Gasteiger partial charge is 0.409 e. The first kappa shape index (κ1) is 35.4. The van der Waals surface area contributed by atoms with Crippen molar-refractivity contribution in [2.75, 3.05) is 52.4 Å². The van der Waals surface area contributed by atoms with Crippen LogP contribution in [0.5, 0.6) is 0 Å². The number of piperazine rings is 1. The number of aliphatic carboxylic acids is 3. The third kappa shape index (κ3) is 10.2. The fourth-order valence-corrected chi connectivity index (χ4v) is 5.68. The van der Waals surface area contributed by atoms with E-state index in [0.717, 1.165) is 56.6 Å². The molecule has 4 rings (SSSR count). The molecule has 4 heterocycles. The average molecular weight is 638 g/mol. The molecule has 2 fully saturated rings. The van der Waals surface area contributed by atoms with Crippen LogP contribution in [0, 0.1) is 0 Å². The van der Waals surface area contributed by atoms with Crippen molar-refractivity contribution in [3.05, 3.63) is 27.9 Å². The summed E-state index contributed by atoms with van der Waals surface area (Å²) in [6.07, 6.45) is 3.30. The van der Waals surface area contributed by atoms with Gasteiger partial charge in [0.2, 0.25) is 5.91 Å². The minimum absolute atomic E-state index is 0.0763. The van der Waals surface area contributed by atoms with Crippen LogP contribution in [0.3, 0.4) is 0 Å². The van der Waals surface area contributed by atoms with E-state index in [9.17, 15) is 28.8 Å². The number of aromatic nitrogens is 2. The Morgan fingerprint density at radius 3 is 2.07 bits per heavy atom. The van der Waals surface area contributed by atoms with Gasteiger partial charge in [0.15, 0.2) is 5.60 Å². The molecule has 0 spiro atoms. The Bertz CT molecular complexity index is 1270. The molecule has 0 atom stereocenters. The maximum atomic E-state index is 12.8. The summed E-state index contributed by atoms with van der Waals surface area (Å²) in [5, 5.41) is 33.8. The highest BCUT2D eigenvalue weighted by Gasteiger charge is 2.40. The van der Waals surface area contributed by atoms with Crippen LogP contribution >= 0.6 is 0 Å². The van der Waals surface area contributed by atoms with Crippen molar-refractivity contribution in [2.24, 2.45) is 0 Å². The van der Waals surface area contributed by atoms with Gasteiger partial charge in [-0.2, -0.15) is 0 Å². The summed E-state index contributed by atoms with van der Waals surface area (Å²) in [6.45, 7) is 7.30. The van der Waals surface area contributed by atoms with Crippen molar-refractivity contribution in [3.8, 4) is 0 Å². The van der Waals surface area contributed by atoms with Crippen LogP contribution in [0.2, 0.25) is 0 Å². The minimum Gasteiger partial charge on any atom is -0.481 e. The molecule has 2 amide bonds. The summed E-state index contributed by atoms with van der Waals surface area (Å²) in [5.41, 5.74) is -1.75. The van der Waals surface area contributed by atoms with E-state index in [0.29, 0.717) is 52.4 Å². The van der Waals surface area contributed by atoms with E-state index in [1.165, 1.54) is 0 Å². The predicted molar refractivity (Wildman–Crippen MR) is 157 cm³/mol. The van der Waals surface area contributed by atoms with Crippen molar-refractivity contribution in [2.45, 2.75) is 76.4 Å². The molecule has 45 heavy (non-hydrogen) atoms. The van der Waals surface area contributed by atoms with Gasteiger partial charge in [-0.25, -0.2) is 14.6 Å². The lowest BCUT2D eigenvalue weighted by Crippen LogP contribution is -2.52. The molecular formula is C29H43N5O11. The van der Waals surface area contributed by atoms with E-state index in [1.807, 2.05) is 9.47 Å². The second-order valence-corrected chi connectivity index (χ2v) is 11.5. The van der Waals surface area contributed by atoms with Crippen molar-refractivity contribution >= 4 is 29.9 Å². The Morgan fingerprint density at radius 2 is 1.51 bits per heavy atom. The molecular weight excluding hydrogens is 594 g/mol. The number of fused-ring (bicyclic) bond motifs is 1. The van der Waals surface area contributed by atoms with Gasteiger partial charge in [-0.05, 0) is 32.6 Å². The van der Waals surface area contributed by atoms with Crippen molar-refractivity contribution in [3.63, 3.8) is 0 Å². The Hall–Kier alpha value is -4.05. The molecule has 0 radical (unpaired) electrons. The van der Waals surface area contributed by atoms with E-state index in [2.05, 4.69) is 4.90 Å². The van der Waals surface area contributed by atoms with E-state index >= 15 is 0 Å². The van der Waals surface area contributed by atoms with Gasteiger partial charge >= 0.3 is 24.0 Å². The number of aliphatic hydroxyl groups is 1. The van der Waals surface area contributed by atoms with Gasteiger partial charge < -0.3 is 35.0 Å². The van der Waals surface area contributed by atoms with Crippen LogP contribution in [-0.4, -0.2) is 133 Å². The monoisotopic (exact) mass is 637 g/mol. The summed E-state index contributed by atoms with van der Waals surface area (Å²) < 4.78 is 6.89. The van der Waals surface area contributed by atoms with E-state index in [4.69, 9.17) is 30.1 Å². The number of aryl methyl sites for hydroxylation is 1. The Kier molecular flexibility index (Phi) is 12.8. The number of carboxylic acids is 3. The van der Waals surface area contributed by atoms with Gasteiger partial charge in [0.1, 0.15) is 5.82 Å². The third-order valence-electron chi connectivity index (χ3n) is 8.20. The highest BCUT2D eigenvalue weighted by Crippen LogP contribution is 2.27. The number of carboxylic acid groups (broad SMARTS) is 3. The van der Waals surface area contributed by atoms with Crippen LogP contribution < -0.4 is 5.56 Å². The largest absolute Gasteiger partial charge is 0.481 e. The molecule has 0 bridgehead atoms. The normalized spacial score (nSPS) is 17.7. The van der Waals surface area contributed by atoms with Crippen LogP contribution in [0.4, 0.5) is 4.79 Å². The molecule has 0 unspecified atom stereocenters. The van der Waals surface area contributed by atoms with Crippen molar-refractivity contribution in [1.82, 2.24) is 24.3 Å². The molecule has 0 aliphatic carbocycles. The number of amides is 2. The first-order valence-electron chi connectivity index (χ1n) is 15.2. The number of ether oxygens (including phenoxy) is 1. The number of hydrogen-bond donors (Lipinski definition) is 4. The Labute approximate surface area is 260 Å². The summed E-state index contributed by atoms with van der Waals surface area (Å²) in [4.78, 5) is 78.3. The molecule has 2 saturated heterocycles. The molecule has 3 aliphatic heterocycles. The average Bonchev–Trinajstić information content (AvgIpc) is 3.23. The van der Waals surface area contributed by atoms with Gasteiger partial charge in [-0.1, -0.05) is 6.42 Å². The van der Waals surface area contributed by atoms with Gasteiger partial charge in [-0.3, -0.25) is 28.6 Å². The number of rotatable bonds is 9. The second kappa shape index (κ2) is 16.3. The second-order valence-electron chi connectivity index (χ2n) is 11.5. The SMILES string of the molecule is CCOC(=O)N1CCN(CC(=O)N2CCC(c3cc(=O)n4c(n3)CCCCC4)CC2)CC1.O=C(O)CC(O)(CC(=O)O)C(=O)O. The summed E-state index contributed by atoms with van der Waals surface area (Å²) >= 11 is 0. The molecule has 0 aromatic carbocycles. The number of carbonyl (C=O) groups excluding carboxylic acids is 2. The lowest BCUT2D eigenvalue weighted by Gasteiger charge is -2.36. The van der Waals surface area contributed by atoms with Gasteiger partial charge in [0, 0.05) is 64.2 Å². The predicted octanol–water partition coefficient (Wildman–Crippen LogP) is 0.201. The van der Waals surface area contributed by atoms with Crippen LogP contribution in [-0.2, 0) is 36.9 Å². The van der Waals surface area contributed by atoms with Gasteiger partial charge in [0.05, 0.1) is 31.7 Å². The maximum absolute atomic E-state index is 12.8. The summed E-state index contributed by atoms with van der Waals surface area (Å²) in [5.74, 6) is -3.70. The molecule has 4 N–H and O–H groups in total. The Balaban J connectivity index is 0.000000360. The van der Waals surface area contributed by atoms with Gasteiger partial charge in [-0.15, -0.1) is 0 Å². The fourth-order valence-electron chi connectivity index (χ4n) is 5.68. The number of carbonyl (C=O) groups is 5. The highest BCUT2D eigenvalue weighted by molar-refractivity contribution is 5.88. The number of hydrogen-bond acceptors (Lipinski definition) is 10. The number of nitrogens with zero attached hydrogens (tertiary/aromatic N) is 5. The lowest BCUT2D eigenvalue weighted by atomic mass is 9.93. The van der Waals surface area contributed by atoms with Crippen molar-refractivity contribution < 1.29 is 49.1 Å². The van der Waals surface area contributed by atoms with Gasteiger partial charge in [0.25, 0.3) is 5.56 Å². The zero-order chi connectivity index (χ0) is 33.1. The molecule has 16 heteroatoms. The molecule has 3 aliphatic rings. The third-order valence-corrected chi connectivity index (χ3v) is 8.20. The minimum atomic E-state index is -2.74. The standard InChI is InChI=1S/C23H35N5O4.C6H8O7/c1-2-32-23(31)27-14-12-25(13-15-27)17-22(30)26-10-7-18(8-11-26)19-16-21(29)28-9-5-3-4-6-20(28)24-19;7-3(8)1-6(13,5(11)12)2-4(9)10/h16,18H,2-15,17H2,1H3;13H,1-2H2,(H,7,8)(H,9,10)(H,11,12). The molecule has 0 saturated carbocycles. The van der Waals surface area contributed by atoms with Crippen LogP contribution in [0.15, 0.2) is 10.9 Å². The lowest BCUT2D eigenvalue weighted by molar-refractivity contribution is -0.170. The topological polar surface area (TPSA) is 220 Å². The van der Waals surface area contributed by atoms with E-state index < -0.39 is 36.4 Å². The zero-order valence-corrected chi connectivity index (χ0v) is 25.6. The van der Waals surface area contributed by atoms with Crippen LogP contribution in [0.25, 0.3) is 0 Å². The molecule has 16 nitrogen and oxygen atoms in total. The van der Waals surface area contributed by atoms with E-state index in [-0.39, 0.29) is 23.5 Å². The Morgan fingerprint density at radius 1 is 0.889 bits per heavy atom. The fraction of sp³-hybridized carbons (Fsp3) is 0.690.